The molecule has 1 N–H and O–H groups in total. The number of benzene rings is 1. The van der Waals surface area contributed by atoms with E-state index in [-0.39, 0.29) is 23.2 Å². The summed E-state index contributed by atoms with van der Waals surface area (Å²) in [5, 5.41) is 6.73. The molecule has 2 aromatic heterocycles. The number of hydrogen-bond donors (Lipinski definition) is 1. The second kappa shape index (κ2) is 11.9. The fourth-order valence-electron chi connectivity index (χ4n) is 4.82. The summed E-state index contributed by atoms with van der Waals surface area (Å²) in [5.74, 6) is 0.430. The molecule has 0 bridgehead atoms. The summed E-state index contributed by atoms with van der Waals surface area (Å²) in [5.41, 5.74) is 4.48. The lowest BCUT2D eigenvalue weighted by atomic mass is 9.97. The van der Waals surface area contributed by atoms with E-state index in [9.17, 15) is 9.59 Å². The first-order valence-corrected chi connectivity index (χ1v) is 14.1. The highest BCUT2D eigenvalue weighted by Gasteiger charge is 2.29. The molecule has 1 unspecified atom stereocenters. The van der Waals surface area contributed by atoms with Crippen LogP contribution in [-0.4, -0.2) is 64.3 Å². The summed E-state index contributed by atoms with van der Waals surface area (Å²) in [6.07, 6.45) is 4.41. The summed E-state index contributed by atoms with van der Waals surface area (Å²) in [4.78, 5) is 37.7. The molecular formula is C31H42N6O4. The Balaban J connectivity index is 1.40. The zero-order chi connectivity index (χ0) is 29.9. The van der Waals surface area contributed by atoms with Crippen molar-refractivity contribution in [2.75, 3.05) is 31.6 Å². The molecule has 1 aliphatic rings. The molecule has 0 aliphatic carbocycles. The molecule has 10 nitrogen and oxygen atoms in total. The third-order valence-electron chi connectivity index (χ3n) is 7.03. The van der Waals surface area contributed by atoms with Gasteiger partial charge in [0.1, 0.15) is 5.60 Å². The molecule has 1 saturated heterocycles. The molecule has 1 fully saturated rings. The number of carbonyl (C=O) groups excluding carboxylic acids is 2. The molecule has 220 valence electrons. The summed E-state index contributed by atoms with van der Waals surface area (Å²) < 4.78 is 10.8. The third kappa shape index (κ3) is 7.62. The van der Waals surface area contributed by atoms with Gasteiger partial charge in [-0.1, -0.05) is 44.1 Å². The van der Waals surface area contributed by atoms with Gasteiger partial charge in [0.05, 0.1) is 11.9 Å². The highest BCUT2D eigenvalue weighted by Crippen LogP contribution is 2.34. The van der Waals surface area contributed by atoms with Crippen molar-refractivity contribution in [3.8, 4) is 11.1 Å². The van der Waals surface area contributed by atoms with Gasteiger partial charge in [-0.2, -0.15) is 4.98 Å². The van der Waals surface area contributed by atoms with E-state index in [1.54, 1.807) is 11.9 Å². The number of amides is 2. The Morgan fingerprint density at radius 2 is 1.93 bits per heavy atom. The molecule has 0 radical (unpaired) electrons. The lowest BCUT2D eigenvalue weighted by Gasteiger charge is -2.27. The van der Waals surface area contributed by atoms with Crippen LogP contribution in [0.25, 0.3) is 11.1 Å². The third-order valence-corrected chi connectivity index (χ3v) is 7.03. The van der Waals surface area contributed by atoms with Gasteiger partial charge in [-0.05, 0) is 62.8 Å². The van der Waals surface area contributed by atoms with Crippen molar-refractivity contribution in [3.05, 3.63) is 59.5 Å². The Bertz CT molecular complexity index is 1390. The molecule has 0 saturated carbocycles. The molecule has 1 atom stereocenters. The van der Waals surface area contributed by atoms with Gasteiger partial charge >= 0.3 is 6.09 Å². The molecule has 41 heavy (non-hydrogen) atoms. The number of nitrogens with zero attached hydrogens (tertiary/aromatic N) is 5. The van der Waals surface area contributed by atoms with Crippen molar-refractivity contribution in [2.45, 2.75) is 72.4 Å². The standard InChI is InChI=1S/C31H42N6O4/c1-20-15-22(9-10-23(20)16-33-27(38)26-34-28(41-35-26)30(2,3)4)24-11-13-32-17-25(24)37-14-12-21(19-37)18-36(8)29(39)40-31(5,6)7/h9-11,13,15,17,21H,12,14,16,18-19H2,1-8H3,(H,33,38). The average molecular weight is 563 g/mol. The topological polar surface area (TPSA) is 114 Å². The van der Waals surface area contributed by atoms with Gasteiger partial charge in [0, 0.05) is 50.4 Å². The maximum absolute atomic E-state index is 12.6. The largest absolute Gasteiger partial charge is 0.444 e. The van der Waals surface area contributed by atoms with E-state index in [0.717, 1.165) is 47.5 Å². The SMILES string of the molecule is Cc1cc(-c2ccncc2N2CCC(CN(C)C(=O)OC(C)(C)C)C2)ccc1CNC(=O)c1noc(C(C)(C)C)n1. The second-order valence-corrected chi connectivity index (χ2v) is 12.9. The lowest BCUT2D eigenvalue weighted by Crippen LogP contribution is -2.37. The van der Waals surface area contributed by atoms with Crippen LogP contribution in [0, 0.1) is 12.8 Å². The van der Waals surface area contributed by atoms with Crippen LogP contribution in [0.1, 0.15) is 75.6 Å². The number of aryl methyl sites for hydroxylation is 1. The van der Waals surface area contributed by atoms with Gasteiger partial charge in [0.25, 0.3) is 11.7 Å². The van der Waals surface area contributed by atoms with Crippen LogP contribution in [0.3, 0.4) is 0 Å². The molecule has 3 heterocycles. The van der Waals surface area contributed by atoms with Crippen molar-refractivity contribution in [2.24, 2.45) is 5.92 Å². The molecule has 4 rings (SSSR count). The minimum Gasteiger partial charge on any atom is -0.444 e. The number of hydrogen-bond acceptors (Lipinski definition) is 8. The first-order valence-electron chi connectivity index (χ1n) is 14.1. The Kier molecular flexibility index (Phi) is 8.70. The molecule has 2 amide bonds. The predicted molar refractivity (Wildman–Crippen MR) is 158 cm³/mol. The quantitative estimate of drug-likeness (QED) is 0.409. The zero-order valence-electron chi connectivity index (χ0n) is 25.4. The number of aromatic nitrogens is 3. The first kappa shape index (κ1) is 30.0. The summed E-state index contributed by atoms with van der Waals surface area (Å²) >= 11 is 0. The fraction of sp³-hybridized carbons (Fsp3) is 0.516. The van der Waals surface area contributed by atoms with Crippen LogP contribution in [0.5, 0.6) is 0 Å². The van der Waals surface area contributed by atoms with Gasteiger partial charge in [0.2, 0.25) is 5.89 Å². The van der Waals surface area contributed by atoms with E-state index in [1.165, 1.54) is 0 Å². The Hall–Kier alpha value is -3.95. The van der Waals surface area contributed by atoms with E-state index in [4.69, 9.17) is 9.26 Å². The van der Waals surface area contributed by atoms with E-state index in [2.05, 4.69) is 37.5 Å². The molecule has 3 aromatic rings. The van der Waals surface area contributed by atoms with Gasteiger partial charge in [-0.25, -0.2) is 4.79 Å². The number of rotatable bonds is 7. The monoisotopic (exact) mass is 562 g/mol. The highest BCUT2D eigenvalue weighted by atomic mass is 16.6. The maximum atomic E-state index is 12.6. The van der Waals surface area contributed by atoms with E-state index in [0.29, 0.717) is 24.9 Å². The molecule has 1 aromatic carbocycles. The van der Waals surface area contributed by atoms with Gasteiger partial charge in [-0.3, -0.25) is 9.78 Å². The average Bonchev–Trinajstić information content (AvgIpc) is 3.57. The van der Waals surface area contributed by atoms with Crippen molar-refractivity contribution >= 4 is 17.7 Å². The minimum absolute atomic E-state index is 0.0341. The predicted octanol–water partition coefficient (Wildman–Crippen LogP) is 5.36. The van der Waals surface area contributed by atoms with Crippen molar-refractivity contribution in [3.63, 3.8) is 0 Å². The second-order valence-electron chi connectivity index (χ2n) is 12.9. The van der Waals surface area contributed by atoms with Crippen LogP contribution in [0.15, 0.2) is 41.2 Å². The highest BCUT2D eigenvalue weighted by molar-refractivity contribution is 5.90. The number of ether oxygens (including phenoxy) is 1. The minimum atomic E-state index is -0.513. The number of carbonyl (C=O) groups is 2. The van der Waals surface area contributed by atoms with Crippen LogP contribution in [0.4, 0.5) is 10.5 Å². The Morgan fingerprint density at radius 1 is 1.17 bits per heavy atom. The molecule has 0 spiro atoms. The van der Waals surface area contributed by atoms with Gasteiger partial charge < -0.3 is 24.4 Å². The van der Waals surface area contributed by atoms with Crippen molar-refractivity contribution < 1.29 is 18.8 Å². The van der Waals surface area contributed by atoms with Crippen molar-refractivity contribution in [1.82, 2.24) is 25.3 Å². The smallest absolute Gasteiger partial charge is 0.410 e. The Labute approximate surface area is 242 Å². The number of anilines is 1. The van der Waals surface area contributed by atoms with Crippen LogP contribution < -0.4 is 10.2 Å². The van der Waals surface area contributed by atoms with E-state index < -0.39 is 5.60 Å². The van der Waals surface area contributed by atoms with Crippen LogP contribution >= 0.6 is 0 Å². The number of nitrogens with one attached hydrogen (secondary N) is 1. The van der Waals surface area contributed by atoms with Gasteiger partial charge in [0.15, 0.2) is 0 Å². The van der Waals surface area contributed by atoms with Crippen LogP contribution in [-0.2, 0) is 16.7 Å². The van der Waals surface area contributed by atoms with E-state index >= 15 is 0 Å². The van der Waals surface area contributed by atoms with Gasteiger partial charge in [-0.15, -0.1) is 0 Å². The summed E-state index contributed by atoms with van der Waals surface area (Å²) in [7, 11) is 1.80. The lowest BCUT2D eigenvalue weighted by molar-refractivity contribution is 0.0277. The van der Waals surface area contributed by atoms with E-state index in [1.807, 2.05) is 73.0 Å². The Morgan fingerprint density at radius 3 is 2.59 bits per heavy atom. The molecule has 10 heteroatoms. The van der Waals surface area contributed by atoms with Crippen molar-refractivity contribution in [1.29, 1.82) is 0 Å². The molecule has 1 aliphatic heterocycles. The molecular weight excluding hydrogens is 520 g/mol. The first-order chi connectivity index (χ1) is 19.2. The maximum Gasteiger partial charge on any atom is 0.410 e. The zero-order valence-corrected chi connectivity index (χ0v) is 25.4. The fourth-order valence-corrected chi connectivity index (χ4v) is 4.82. The number of pyridine rings is 1. The van der Waals surface area contributed by atoms with Crippen LogP contribution in [0.2, 0.25) is 0 Å². The normalized spacial score (nSPS) is 15.6. The summed E-state index contributed by atoms with van der Waals surface area (Å²) in [6, 6.07) is 8.28. The summed E-state index contributed by atoms with van der Waals surface area (Å²) in [6.45, 7) is 16.3.